The third kappa shape index (κ3) is 4.34. The van der Waals surface area contributed by atoms with Crippen molar-refractivity contribution in [2.45, 2.75) is 62.7 Å². The summed E-state index contributed by atoms with van der Waals surface area (Å²) in [6.45, 7) is 10.7. The Bertz CT molecular complexity index is 1060. The topological polar surface area (TPSA) is 87.2 Å². The van der Waals surface area contributed by atoms with Gasteiger partial charge >= 0.3 is 0 Å². The van der Waals surface area contributed by atoms with Gasteiger partial charge in [0.05, 0.1) is 5.52 Å². The highest BCUT2D eigenvalue weighted by molar-refractivity contribution is 7.99. The van der Waals surface area contributed by atoms with Crippen LogP contribution in [-0.2, 0) is 13.0 Å². The predicted octanol–water partition coefficient (Wildman–Crippen LogP) is 4.23. The fourth-order valence-electron chi connectivity index (χ4n) is 3.48. The van der Waals surface area contributed by atoms with Gasteiger partial charge in [-0.1, -0.05) is 18.7 Å². The second kappa shape index (κ2) is 8.35. The van der Waals surface area contributed by atoms with Crippen molar-refractivity contribution in [2.75, 3.05) is 19.1 Å². The number of nitrogens with one attached hydrogen (secondary N) is 1. The Kier molecular flexibility index (Phi) is 5.79. The van der Waals surface area contributed by atoms with Gasteiger partial charge in [-0.05, 0) is 63.9 Å². The fourth-order valence-corrected chi connectivity index (χ4v) is 4.61. The summed E-state index contributed by atoms with van der Waals surface area (Å²) in [5.74, 6) is 2.06. The first-order valence-corrected chi connectivity index (χ1v) is 11.1. The monoisotopic (exact) mass is 427 g/mol. The number of pyridine rings is 1. The second-order valence-corrected chi connectivity index (χ2v) is 9.42. The third-order valence-corrected chi connectivity index (χ3v) is 6.11. The van der Waals surface area contributed by atoms with Crippen LogP contribution in [0.1, 0.15) is 39.7 Å². The van der Waals surface area contributed by atoms with Crippen LogP contribution in [0.25, 0.3) is 11.0 Å². The van der Waals surface area contributed by atoms with Crippen molar-refractivity contribution < 1.29 is 9.47 Å². The molecule has 0 saturated carbocycles. The van der Waals surface area contributed by atoms with E-state index < -0.39 is 0 Å². The van der Waals surface area contributed by atoms with E-state index >= 15 is 0 Å². The number of aryl methyl sites for hydroxylation is 2. The summed E-state index contributed by atoms with van der Waals surface area (Å²) in [5, 5.41) is 4.46. The van der Waals surface area contributed by atoms with Crippen molar-refractivity contribution in [1.82, 2.24) is 19.9 Å². The first kappa shape index (κ1) is 20.8. The minimum absolute atomic E-state index is 0.103. The second-order valence-electron chi connectivity index (χ2n) is 8.41. The molecule has 1 aliphatic heterocycles. The highest BCUT2D eigenvalue weighted by Crippen LogP contribution is 2.41. The molecule has 30 heavy (non-hydrogen) atoms. The smallest absolute Gasteiger partial charge is 0.231 e. The minimum Gasteiger partial charge on any atom is -0.454 e. The molecule has 3 aromatic rings. The van der Waals surface area contributed by atoms with Crippen LogP contribution in [0.4, 0.5) is 5.82 Å². The summed E-state index contributed by atoms with van der Waals surface area (Å²) in [7, 11) is 0. The van der Waals surface area contributed by atoms with E-state index in [1.807, 2.05) is 6.07 Å². The van der Waals surface area contributed by atoms with E-state index in [1.54, 1.807) is 18.0 Å². The minimum atomic E-state index is 0.103. The molecule has 0 fully saturated rings. The lowest BCUT2D eigenvalue weighted by atomic mass is 10.1. The Balaban J connectivity index is 1.66. The molecule has 0 spiro atoms. The largest absolute Gasteiger partial charge is 0.454 e. The first-order valence-electron chi connectivity index (χ1n) is 10.3. The van der Waals surface area contributed by atoms with Gasteiger partial charge in [-0.15, -0.1) is 0 Å². The van der Waals surface area contributed by atoms with Crippen LogP contribution in [0.2, 0.25) is 0 Å². The number of ether oxygens (including phenoxy) is 2. The van der Waals surface area contributed by atoms with E-state index in [-0.39, 0.29) is 12.3 Å². The fraction of sp³-hybridized carbons (Fsp3) is 0.455. The zero-order chi connectivity index (χ0) is 21.3. The van der Waals surface area contributed by atoms with E-state index in [0.717, 1.165) is 58.5 Å². The number of nitrogen functional groups attached to an aromatic ring is 1. The molecule has 160 valence electrons. The number of nitrogens with two attached hydrogens (primary N) is 1. The molecule has 0 bridgehead atoms. The molecule has 4 rings (SSSR count). The number of rotatable bonds is 7. The number of imidazole rings is 1. The molecule has 0 radical (unpaired) electrons. The molecule has 2 aromatic heterocycles. The van der Waals surface area contributed by atoms with Crippen LogP contribution in [0.3, 0.4) is 0 Å². The van der Waals surface area contributed by atoms with Gasteiger partial charge in [0.15, 0.2) is 22.5 Å². The molecule has 0 aliphatic carbocycles. The average molecular weight is 428 g/mol. The average Bonchev–Trinajstić information content (AvgIpc) is 3.29. The number of anilines is 1. The molecule has 7 nitrogen and oxygen atoms in total. The standard InChI is InChI=1S/C22H29N5O2S/c1-5-14-11-16-17(29-13-28-16)12-18(14)30-21-26-19-15(7-9-24-20(19)23)27(21)10-6-8-25-22(2,3)4/h7,9,11-12,25H,5-6,8,10,13H2,1-4H3,(H2,23,24). The predicted molar refractivity (Wildman–Crippen MR) is 120 cm³/mol. The summed E-state index contributed by atoms with van der Waals surface area (Å²) in [6.07, 6.45) is 3.63. The highest BCUT2D eigenvalue weighted by atomic mass is 32.2. The van der Waals surface area contributed by atoms with Crippen LogP contribution < -0.4 is 20.5 Å². The summed E-state index contributed by atoms with van der Waals surface area (Å²) >= 11 is 1.64. The van der Waals surface area contributed by atoms with Crippen LogP contribution in [0, 0.1) is 0 Å². The Morgan fingerprint density at radius 2 is 2.00 bits per heavy atom. The molecule has 1 aliphatic rings. The van der Waals surface area contributed by atoms with E-state index in [4.69, 9.17) is 20.2 Å². The Morgan fingerprint density at radius 3 is 2.73 bits per heavy atom. The van der Waals surface area contributed by atoms with E-state index in [2.05, 4.69) is 54.7 Å². The molecule has 3 heterocycles. The Labute approximate surface area is 181 Å². The first-order chi connectivity index (χ1) is 14.4. The van der Waals surface area contributed by atoms with Gasteiger partial charge in [-0.2, -0.15) is 0 Å². The lowest BCUT2D eigenvalue weighted by Gasteiger charge is -2.20. The van der Waals surface area contributed by atoms with Crippen molar-refractivity contribution in [2.24, 2.45) is 0 Å². The number of hydrogen-bond donors (Lipinski definition) is 2. The number of benzene rings is 1. The molecular formula is C22H29N5O2S. The van der Waals surface area contributed by atoms with Crippen LogP contribution >= 0.6 is 11.8 Å². The van der Waals surface area contributed by atoms with Crippen LogP contribution in [0.15, 0.2) is 34.4 Å². The van der Waals surface area contributed by atoms with Crippen molar-refractivity contribution in [1.29, 1.82) is 0 Å². The Hall–Kier alpha value is -2.45. The van der Waals surface area contributed by atoms with Gasteiger partial charge in [0.2, 0.25) is 6.79 Å². The van der Waals surface area contributed by atoms with Gasteiger partial charge in [0.1, 0.15) is 5.52 Å². The highest BCUT2D eigenvalue weighted by Gasteiger charge is 2.20. The summed E-state index contributed by atoms with van der Waals surface area (Å²) in [6, 6.07) is 6.11. The number of fused-ring (bicyclic) bond motifs is 2. The number of nitrogens with zero attached hydrogens (tertiary/aromatic N) is 3. The number of aromatic nitrogens is 3. The summed E-state index contributed by atoms with van der Waals surface area (Å²) < 4.78 is 13.4. The SMILES string of the molecule is CCc1cc2c(cc1Sc1nc3c(N)nccc3n1CCCNC(C)(C)C)OCO2. The molecule has 3 N–H and O–H groups in total. The van der Waals surface area contributed by atoms with Gasteiger partial charge in [0.25, 0.3) is 0 Å². The Morgan fingerprint density at radius 1 is 1.23 bits per heavy atom. The molecule has 1 aromatic carbocycles. The quantitative estimate of drug-likeness (QED) is 0.546. The maximum Gasteiger partial charge on any atom is 0.231 e. The zero-order valence-corrected chi connectivity index (χ0v) is 18.8. The lowest BCUT2D eigenvalue weighted by molar-refractivity contribution is 0.174. The van der Waals surface area contributed by atoms with E-state index in [1.165, 1.54) is 5.56 Å². The summed E-state index contributed by atoms with van der Waals surface area (Å²) in [5.41, 5.74) is 9.21. The van der Waals surface area contributed by atoms with E-state index in [9.17, 15) is 0 Å². The molecular weight excluding hydrogens is 398 g/mol. The molecule has 8 heteroatoms. The van der Waals surface area contributed by atoms with Crippen LogP contribution in [0.5, 0.6) is 11.5 Å². The van der Waals surface area contributed by atoms with Crippen LogP contribution in [-0.4, -0.2) is 33.4 Å². The molecule has 0 amide bonds. The van der Waals surface area contributed by atoms with Gasteiger partial charge in [0, 0.05) is 23.2 Å². The van der Waals surface area contributed by atoms with Gasteiger partial charge in [-0.3, -0.25) is 0 Å². The lowest BCUT2D eigenvalue weighted by Crippen LogP contribution is -2.36. The normalized spacial score (nSPS) is 13.3. The molecule has 0 saturated heterocycles. The third-order valence-electron chi connectivity index (χ3n) is 5.01. The maximum absolute atomic E-state index is 6.13. The van der Waals surface area contributed by atoms with Crippen molar-refractivity contribution in [3.8, 4) is 11.5 Å². The number of hydrogen-bond acceptors (Lipinski definition) is 7. The summed E-state index contributed by atoms with van der Waals surface area (Å²) in [4.78, 5) is 10.2. The van der Waals surface area contributed by atoms with Gasteiger partial charge < -0.3 is 25.1 Å². The van der Waals surface area contributed by atoms with E-state index in [0.29, 0.717) is 5.82 Å². The maximum atomic E-state index is 6.13. The van der Waals surface area contributed by atoms with Gasteiger partial charge in [-0.25, -0.2) is 9.97 Å². The van der Waals surface area contributed by atoms with Crippen molar-refractivity contribution >= 4 is 28.6 Å². The zero-order valence-electron chi connectivity index (χ0n) is 18.0. The van der Waals surface area contributed by atoms with Crippen molar-refractivity contribution in [3.63, 3.8) is 0 Å². The molecule has 0 unspecified atom stereocenters. The molecule has 0 atom stereocenters. The van der Waals surface area contributed by atoms with Crippen molar-refractivity contribution in [3.05, 3.63) is 30.0 Å².